The van der Waals surface area contributed by atoms with Crippen molar-refractivity contribution in [1.29, 1.82) is 0 Å². The van der Waals surface area contributed by atoms with Crippen LogP contribution in [-0.4, -0.2) is 37.2 Å². The average molecular weight is 427 g/mol. The zero-order chi connectivity index (χ0) is 21.5. The van der Waals surface area contributed by atoms with Gasteiger partial charge in [-0.15, -0.1) is 0 Å². The number of hydrogen-bond donors (Lipinski definition) is 2. The van der Waals surface area contributed by atoms with Crippen molar-refractivity contribution in [3.63, 3.8) is 0 Å². The summed E-state index contributed by atoms with van der Waals surface area (Å²) in [6, 6.07) is 13.9. The largest absolute Gasteiger partial charge is 0.372 e. The van der Waals surface area contributed by atoms with Gasteiger partial charge < -0.3 is 10.2 Å². The third-order valence-electron chi connectivity index (χ3n) is 5.09. The molecular formula is C23H27ClN4O2. The molecule has 0 radical (unpaired) electrons. The quantitative estimate of drug-likeness (QED) is 0.521. The molecule has 1 heterocycles. The molecule has 0 aromatic heterocycles. The molecule has 30 heavy (non-hydrogen) atoms. The molecule has 0 spiro atoms. The smallest absolute Gasteiger partial charge is 0.262 e. The van der Waals surface area contributed by atoms with Crippen LogP contribution in [0.2, 0.25) is 5.02 Å². The van der Waals surface area contributed by atoms with Crippen molar-refractivity contribution in [1.82, 2.24) is 10.7 Å². The third-order valence-corrected chi connectivity index (χ3v) is 5.35. The van der Waals surface area contributed by atoms with Gasteiger partial charge in [0.2, 0.25) is 0 Å². The standard InChI is InChI=1S/C23H27ClN4O2/c1-16(2)21(26-22(29)18-7-9-19(24)10-8-18)23(30)27-25-15-17-5-11-20(12-6-17)28-13-3-4-14-28/h5-12,15-16,21H,3-4,13-14H2,1-2H3,(H,26,29)(H,27,30). The number of anilines is 1. The Bertz CT molecular complexity index is 888. The van der Waals surface area contributed by atoms with Crippen molar-refractivity contribution >= 4 is 35.3 Å². The summed E-state index contributed by atoms with van der Waals surface area (Å²) in [5, 5.41) is 7.37. The Kier molecular flexibility index (Phi) is 7.46. The summed E-state index contributed by atoms with van der Waals surface area (Å²) in [5.41, 5.74) is 5.08. The molecule has 1 atom stereocenters. The average Bonchev–Trinajstić information content (AvgIpc) is 3.27. The van der Waals surface area contributed by atoms with Gasteiger partial charge in [-0.25, -0.2) is 5.43 Å². The maximum Gasteiger partial charge on any atom is 0.262 e. The first-order chi connectivity index (χ1) is 14.4. The van der Waals surface area contributed by atoms with Crippen LogP contribution in [0.4, 0.5) is 5.69 Å². The number of hydrogen-bond acceptors (Lipinski definition) is 4. The molecule has 0 aliphatic carbocycles. The summed E-state index contributed by atoms with van der Waals surface area (Å²) < 4.78 is 0. The van der Waals surface area contributed by atoms with Crippen molar-refractivity contribution in [3.8, 4) is 0 Å². The minimum absolute atomic E-state index is 0.101. The number of nitrogens with zero attached hydrogens (tertiary/aromatic N) is 2. The van der Waals surface area contributed by atoms with Gasteiger partial charge in [0.05, 0.1) is 6.21 Å². The fourth-order valence-corrected chi connectivity index (χ4v) is 3.47. The Morgan fingerprint density at radius 2 is 1.67 bits per heavy atom. The lowest BCUT2D eigenvalue weighted by atomic mass is 10.0. The normalized spacial score (nSPS) is 14.9. The van der Waals surface area contributed by atoms with E-state index in [9.17, 15) is 9.59 Å². The Morgan fingerprint density at radius 3 is 2.27 bits per heavy atom. The summed E-state index contributed by atoms with van der Waals surface area (Å²) in [7, 11) is 0. The molecular weight excluding hydrogens is 400 g/mol. The van der Waals surface area contributed by atoms with Gasteiger partial charge in [0.15, 0.2) is 0 Å². The highest BCUT2D eigenvalue weighted by Gasteiger charge is 2.24. The van der Waals surface area contributed by atoms with Gasteiger partial charge >= 0.3 is 0 Å². The number of nitrogens with one attached hydrogen (secondary N) is 2. The molecule has 1 saturated heterocycles. The summed E-state index contributed by atoms with van der Waals surface area (Å²) >= 11 is 5.86. The van der Waals surface area contributed by atoms with Crippen LogP contribution in [0.5, 0.6) is 0 Å². The Labute approximate surface area is 182 Å². The molecule has 7 heteroatoms. The van der Waals surface area contributed by atoms with Crippen LogP contribution in [-0.2, 0) is 4.79 Å². The SMILES string of the molecule is CC(C)C(NC(=O)c1ccc(Cl)cc1)C(=O)NN=Cc1ccc(N2CCCC2)cc1. The second kappa shape index (κ2) is 10.3. The molecule has 0 saturated carbocycles. The van der Waals surface area contributed by atoms with E-state index in [0.29, 0.717) is 10.6 Å². The third kappa shape index (κ3) is 5.83. The first kappa shape index (κ1) is 21.8. The van der Waals surface area contributed by atoms with Gasteiger partial charge in [-0.2, -0.15) is 5.10 Å². The number of hydrazone groups is 1. The highest BCUT2D eigenvalue weighted by atomic mass is 35.5. The van der Waals surface area contributed by atoms with E-state index in [4.69, 9.17) is 11.6 Å². The molecule has 1 fully saturated rings. The van der Waals surface area contributed by atoms with Gasteiger partial charge in [-0.3, -0.25) is 9.59 Å². The Balaban J connectivity index is 1.56. The van der Waals surface area contributed by atoms with E-state index in [1.165, 1.54) is 18.5 Å². The van der Waals surface area contributed by atoms with E-state index >= 15 is 0 Å². The summed E-state index contributed by atoms with van der Waals surface area (Å²) in [6.07, 6.45) is 4.08. The zero-order valence-corrected chi connectivity index (χ0v) is 18.0. The summed E-state index contributed by atoms with van der Waals surface area (Å²) in [5.74, 6) is -0.796. The second-order valence-corrected chi connectivity index (χ2v) is 8.16. The predicted molar refractivity (Wildman–Crippen MR) is 121 cm³/mol. The van der Waals surface area contributed by atoms with Crippen molar-refractivity contribution in [2.45, 2.75) is 32.7 Å². The molecule has 2 aromatic carbocycles. The highest BCUT2D eigenvalue weighted by Crippen LogP contribution is 2.20. The summed E-state index contributed by atoms with van der Waals surface area (Å²) in [6.45, 7) is 5.93. The molecule has 2 amide bonds. The number of carbonyl (C=O) groups excluding carboxylic acids is 2. The molecule has 2 aromatic rings. The maximum absolute atomic E-state index is 12.6. The van der Waals surface area contributed by atoms with Gasteiger partial charge in [-0.05, 0) is 60.7 Å². The topological polar surface area (TPSA) is 73.8 Å². The minimum atomic E-state index is -0.706. The van der Waals surface area contributed by atoms with E-state index in [0.717, 1.165) is 18.7 Å². The molecule has 3 rings (SSSR count). The van der Waals surface area contributed by atoms with E-state index in [1.54, 1.807) is 30.5 Å². The minimum Gasteiger partial charge on any atom is -0.372 e. The monoisotopic (exact) mass is 426 g/mol. The van der Waals surface area contributed by atoms with Gasteiger partial charge in [0.25, 0.3) is 11.8 Å². The number of carbonyl (C=O) groups is 2. The van der Waals surface area contributed by atoms with E-state index in [2.05, 4.69) is 32.9 Å². The first-order valence-corrected chi connectivity index (χ1v) is 10.6. The zero-order valence-electron chi connectivity index (χ0n) is 17.3. The fraction of sp³-hybridized carbons (Fsp3) is 0.348. The number of rotatable bonds is 7. The van der Waals surface area contributed by atoms with Crippen LogP contribution in [0.1, 0.15) is 42.6 Å². The van der Waals surface area contributed by atoms with Crippen LogP contribution in [0.3, 0.4) is 0 Å². The van der Waals surface area contributed by atoms with E-state index in [1.807, 2.05) is 26.0 Å². The van der Waals surface area contributed by atoms with Crippen LogP contribution in [0.15, 0.2) is 53.6 Å². The van der Waals surface area contributed by atoms with Crippen LogP contribution >= 0.6 is 11.6 Å². The molecule has 1 aliphatic heterocycles. The summed E-state index contributed by atoms with van der Waals surface area (Å²) in [4.78, 5) is 27.4. The van der Waals surface area contributed by atoms with Crippen LogP contribution in [0.25, 0.3) is 0 Å². The van der Waals surface area contributed by atoms with Gasteiger partial charge in [0, 0.05) is 29.4 Å². The van der Waals surface area contributed by atoms with E-state index < -0.39 is 6.04 Å². The van der Waals surface area contributed by atoms with Crippen molar-refractivity contribution in [3.05, 3.63) is 64.7 Å². The lowest BCUT2D eigenvalue weighted by Gasteiger charge is -2.20. The second-order valence-electron chi connectivity index (χ2n) is 7.72. The van der Waals surface area contributed by atoms with Crippen LogP contribution < -0.4 is 15.6 Å². The molecule has 2 N–H and O–H groups in total. The van der Waals surface area contributed by atoms with Gasteiger partial charge in [-0.1, -0.05) is 37.6 Å². The van der Waals surface area contributed by atoms with Crippen molar-refractivity contribution in [2.24, 2.45) is 11.0 Å². The molecule has 6 nitrogen and oxygen atoms in total. The lowest BCUT2D eigenvalue weighted by Crippen LogP contribution is -2.48. The maximum atomic E-state index is 12.6. The predicted octanol–water partition coefficient (Wildman–Crippen LogP) is 3.84. The highest BCUT2D eigenvalue weighted by molar-refractivity contribution is 6.30. The Hall–Kier alpha value is -2.86. The molecule has 1 unspecified atom stereocenters. The fourth-order valence-electron chi connectivity index (χ4n) is 3.35. The van der Waals surface area contributed by atoms with Crippen molar-refractivity contribution in [2.75, 3.05) is 18.0 Å². The van der Waals surface area contributed by atoms with Crippen molar-refractivity contribution < 1.29 is 9.59 Å². The van der Waals surface area contributed by atoms with Gasteiger partial charge in [0.1, 0.15) is 6.04 Å². The molecule has 1 aliphatic rings. The van der Waals surface area contributed by atoms with E-state index in [-0.39, 0.29) is 17.7 Å². The lowest BCUT2D eigenvalue weighted by molar-refractivity contribution is -0.123. The number of halogens is 1. The molecule has 0 bridgehead atoms. The van der Waals surface area contributed by atoms with Crippen LogP contribution in [0, 0.1) is 5.92 Å². The molecule has 158 valence electrons. The first-order valence-electron chi connectivity index (χ1n) is 10.2. The number of amides is 2. The number of benzene rings is 2. The Morgan fingerprint density at radius 1 is 1.03 bits per heavy atom.